The SMILES string of the molecule is O=C(O)C[C@H](NC(=O)C[C@H]1CCCO1)c1ccc(Br)cc1. The lowest BCUT2D eigenvalue weighted by molar-refractivity contribution is -0.137. The second-order valence-electron chi connectivity index (χ2n) is 5.11. The van der Waals surface area contributed by atoms with E-state index in [4.69, 9.17) is 9.84 Å². The summed E-state index contributed by atoms with van der Waals surface area (Å²) in [4.78, 5) is 23.0. The lowest BCUT2D eigenvalue weighted by Crippen LogP contribution is -2.32. The third-order valence-electron chi connectivity index (χ3n) is 3.42. The van der Waals surface area contributed by atoms with Crippen molar-refractivity contribution in [2.75, 3.05) is 6.61 Å². The van der Waals surface area contributed by atoms with Crippen LogP contribution in [0.15, 0.2) is 28.7 Å². The molecule has 0 spiro atoms. The fourth-order valence-electron chi connectivity index (χ4n) is 2.39. The van der Waals surface area contributed by atoms with E-state index in [9.17, 15) is 9.59 Å². The maximum atomic E-state index is 12.0. The van der Waals surface area contributed by atoms with Crippen molar-refractivity contribution in [3.63, 3.8) is 0 Å². The Hall–Kier alpha value is -1.40. The number of rotatable bonds is 6. The molecule has 1 aromatic carbocycles. The molecule has 1 aliphatic heterocycles. The van der Waals surface area contributed by atoms with Gasteiger partial charge in [-0.1, -0.05) is 28.1 Å². The van der Waals surface area contributed by atoms with Crippen molar-refractivity contribution < 1.29 is 19.4 Å². The number of carbonyl (C=O) groups excluding carboxylic acids is 1. The van der Waals surface area contributed by atoms with Crippen molar-refractivity contribution in [2.45, 2.75) is 37.8 Å². The van der Waals surface area contributed by atoms with Gasteiger partial charge in [-0.25, -0.2) is 0 Å². The molecule has 1 amide bonds. The third-order valence-corrected chi connectivity index (χ3v) is 3.95. The van der Waals surface area contributed by atoms with Crippen LogP contribution in [0.25, 0.3) is 0 Å². The molecule has 0 radical (unpaired) electrons. The molecule has 0 bridgehead atoms. The number of amides is 1. The highest BCUT2D eigenvalue weighted by atomic mass is 79.9. The van der Waals surface area contributed by atoms with E-state index in [1.807, 2.05) is 24.3 Å². The quantitative estimate of drug-likeness (QED) is 0.822. The van der Waals surface area contributed by atoms with Crippen LogP contribution in [0.4, 0.5) is 0 Å². The topological polar surface area (TPSA) is 75.6 Å². The van der Waals surface area contributed by atoms with Crippen molar-refractivity contribution >= 4 is 27.8 Å². The van der Waals surface area contributed by atoms with Gasteiger partial charge in [-0.05, 0) is 30.5 Å². The minimum absolute atomic E-state index is 0.0413. The maximum absolute atomic E-state index is 12.0. The van der Waals surface area contributed by atoms with Crippen molar-refractivity contribution in [2.24, 2.45) is 0 Å². The first-order chi connectivity index (χ1) is 10.0. The summed E-state index contributed by atoms with van der Waals surface area (Å²) in [7, 11) is 0. The van der Waals surface area contributed by atoms with Gasteiger partial charge in [-0.2, -0.15) is 0 Å². The number of carboxylic acids is 1. The van der Waals surface area contributed by atoms with Gasteiger partial charge in [0.1, 0.15) is 0 Å². The fourth-order valence-corrected chi connectivity index (χ4v) is 2.65. The predicted octanol–water partition coefficient (Wildman–Crippen LogP) is 2.65. The Bertz CT molecular complexity index is 497. The van der Waals surface area contributed by atoms with Crippen molar-refractivity contribution in [1.29, 1.82) is 0 Å². The van der Waals surface area contributed by atoms with Crippen LogP contribution >= 0.6 is 15.9 Å². The standard InChI is InChI=1S/C15H18BrNO4/c16-11-5-3-10(4-6-11)13(9-15(19)20)17-14(18)8-12-2-1-7-21-12/h3-6,12-13H,1-2,7-9H2,(H,17,18)(H,19,20)/t12-,13+/m1/s1. The molecule has 0 aromatic heterocycles. The summed E-state index contributed by atoms with van der Waals surface area (Å²) < 4.78 is 6.33. The highest BCUT2D eigenvalue weighted by Gasteiger charge is 2.22. The van der Waals surface area contributed by atoms with Crippen LogP contribution in [0.3, 0.4) is 0 Å². The lowest BCUT2D eigenvalue weighted by Gasteiger charge is -2.19. The average Bonchev–Trinajstić information content (AvgIpc) is 2.91. The molecule has 1 saturated heterocycles. The number of carboxylic acid groups (broad SMARTS) is 1. The van der Waals surface area contributed by atoms with Gasteiger partial charge in [0.15, 0.2) is 0 Å². The molecule has 1 aliphatic rings. The summed E-state index contributed by atoms with van der Waals surface area (Å²) in [5, 5.41) is 11.8. The molecule has 1 aromatic rings. The Morgan fingerprint density at radius 1 is 1.38 bits per heavy atom. The summed E-state index contributed by atoms with van der Waals surface area (Å²) in [6.45, 7) is 0.698. The molecular weight excluding hydrogens is 338 g/mol. The van der Waals surface area contributed by atoms with E-state index in [0.717, 1.165) is 22.9 Å². The number of hydrogen-bond donors (Lipinski definition) is 2. The number of hydrogen-bond acceptors (Lipinski definition) is 3. The first-order valence-corrected chi connectivity index (χ1v) is 7.72. The highest BCUT2D eigenvalue weighted by Crippen LogP contribution is 2.21. The fraction of sp³-hybridized carbons (Fsp3) is 0.467. The first-order valence-electron chi connectivity index (χ1n) is 6.93. The smallest absolute Gasteiger partial charge is 0.305 e. The number of benzene rings is 1. The molecule has 114 valence electrons. The molecule has 2 rings (SSSR count). The largest absolute Gasteiger partial charge is 0.481 e. The Balaban J connectivity index is 1.99. The van der Waals surface area contributed by atoms with E-state index in [-0.39, 0.29) is 24.9 Å². The monoisotopic (exact) mass is 355 g/mol. The van der Waals surface area contributed by atoms with Gasteiger partial charge >= 0.3 is 5.97 Å². The third kappa shape index (κ3) is 5.13. The normalized spacial score (nSPS) is 19.2. The van der Waals surface area contributed by atoms with E-state index in [1.165, 1.54) is 0 Å². The average molecular weight is 356 g/mol. The molecule has 0 saturated carbocycles. The molecule has 21 heavy (non-hydrogen) atoms. The van der Waals surface area contributed by atoms with E-state index in [0.29, 0.717) is 6.61 Å². The lowest BCUT2D eigenvalue weighted by atomic mass is 10.0. The van der Waals surface area contributed by atoms with E-state index < -0.39 is 12.0 Å². The number of carbonyl (C=O) groups is 2. The van der Waals surface area contributed by atoms with Gasteiger partial charge in [-0.15, -0.1) is 0 Å². The molecule has 2 atom stereocenters. The van der Waals surface area contributed by atoms with Gasteiger partial charge in [0.25, 0.3) is 0 Å². The molecule has 1 heterocycles. The second-order valence-corrected chi connectivity index (χ2v) is 6.02. The zero-order valence-electron chi connectivity index (χ0n) is 11.5. The number of aliphatic carboxylic acids is 1. The summed E-state index contributed by atoms with van der Waals surface area (Å²) in [5.41, 5.74) is 0.779. The summed E-state index contributed by atoms with van der Waals surface area (Å²) in [6, 6.07) is 6.76. The Morgan fingerprint density at radius 3 is 2.67 bits per heavy atom. The molecule has 2 N–H and O–H groups in total. The summed E-state index contributed by atoms with van der Waals surface area (Å²) >= 11 is 3.33. The summed E-state index contributed by atoms with van der Waals surface area (Å²) in [5.74, 6) is -1.11. The Kier molecular flexibility index (Phi) is 5.76. The van der Waals surface area contributed by atoms with E-state index in [1.54, 1.807) is 0 Å². The predicted molar refractivity (Wildman–Crippen MR) is 80.9 cm³/mol. The first kappa shape index (κ1) is 16.0. The van der Waals surface area contributed by atoms with Crippen LogP contribution in [-0.2, 0) is 14.3 Å². The molecule has 1 fully saturated rings. The van der Waals surface area contributed by atoms with Gasteiger partial charge in [0, 0.05) is 11.1 Å². The molecule has 5 nitrogen and oxygen atoms in total. The Morgan fingerprint density at radius 2 is 2.10 bits per heavy atom. The summed E-state index contributed by atoms with van der Waals surface area (Å²) in [6.07, 6.45) is 1.96. The zero-order valence-corrected chi connectivity index (χ0v) is 13.1. The number of ether oxygens (including phenoxy) is 1. The van der Waals surface area contributed by atoms with Crippen molar-refractivity contribution in [3.8, 4) is 0 Å². The van der Waals surface area contributed by atoms with Crippen LogP contribution in [0.5, 0.6) is 0 Å². The van der Waals surface area contributed by atoms with Gasteiger partial charge in [0.2, 0.25) is 5.91 Å². The van der Waals surface area contributed by atoms with E-state index >= 15 is 0 Å². The van der Waals surface area contributed by atoms with Crippen LogP contribution in [-0.4, -0.2) is 29.7 Å². The highest BCUT2D eigenvalue weighted by molar-refractivity contribution is 9.10. The van der Waals surface area contributed by atoms with Gasteiger partial charge in [-0.3, -0.25) is 9.59 Å². The van der Waals surface area contributed by atoms with Crippen LogP contribution in [0, 0.1) is 0 Å². The molecule has 0 aliphatic carbocycles. The second kappa shape index (κ2) is 7.56. The molecule has 6 heteroatoms. The minimum Gasteiger partial charge on any atom is -0.481 e. The van der Waals surface area contributed by atoms with Crippen molar-refractivity contribution in [3.05, 3.63) is 34.3 Å². The van der Waals surface area contributed by atoms with Crippen molar-refractivity contribution in [1.82, 2.24) is 5.32 Å². The van der Waals surface area contributed by atoms with Crippen LogP contribution in [0.1, 0.15) is 37.3 Å². The minimum atomic E-state index is -0.944. The number of halogens is 1. The zero-order chi connectivity index (χ0) is 15.2. The van der Waals surface area contributed by atoms with Crippen LogP contribution in [0.2, 0.25) is 0 Å². The maximum Gasteiger partial charge on any atom is 0.305 e. The molecular formula is C15H18BrNO4. The van der Waals surface area contributed by atoms with Gasteiger partial charge < -0.3 is 15.2 Å². The Labute approximate surface area is 131 Å². The van der Waals surface area contributed by atoms with Crippen LogP contribution < -0.4 is 5.32 Å². The number of nitrogens with one attached hydrogen (secondary N) is 1. The van der Waals surface area contributed by atoms with E-state index in [2.05, 4.69) is 21.2 Å². The van der Waals surface area contributed by atoms with Gasteiger partial charge in [0.05, 0.1) is 25.0 Å². The molecule has 0 unspecified atom stereocenters.